The Labute approximate surface area is 144 Å². The molecule has 0 fully saturated rings. The van der Waals surface area contributed by atoms with Crippen LogP contribution in [0.15, 0.2) is 59.6 Å². The molecular formula is C17H15FN2O4S. The lowest BCUT2D eigenvalue weighted by molar-refractivity contribution is -0.120. The lowest BCUT2D eigenvalue weighted by Crippen LogP contribution is -2.43. The van der Waals surface area contributed by atoms with E-state index in [0.717, 1.165) is 6.26 Å². The fourth-order valence-corrected chi connectivity index (χ4v) is 2.90. The van der Waals surface area contributed by atoms with Crippen LogP contribution in [-0.4, -0.2) is 32.2 Å². The zero-order valence-electron chi connectivity index (χ0n) is 13.3. The number of Topliss-reactive ketones (excluding diaryl/α,β-unsaturated/α-hetero) is 1. The molecule has 1 N–H and O–H groups in total. The van der Waals surface area contributed by atoms with Crippen LogP contribution in [0.3, 0.4) is 0 Å². The summed E-state index contributed by atoms with van der Waals surface area (Å²) in [6, 6.07) is 11.5. The van der Waals surface area contributed by atoms with E-state index in [2.05, 4.69) is 5.43 Å². The zero-order chi connectivity index (χ0) is 18.0. The van der Waals surface area contributed by atoms with Crippen molar-refractivity contribution in [1.82, 2.24) is 10.6 Å². The first-order valence-electron chi connectivity index (χ1n) is 7.35. The Morgan fingerprint density at radius 2 is 1.72 bits per heavy atom. The van der Waals surface area contributed by atoms with Gasteiger partial charge >= 0.3 is 0 Å². The molecule has 2 aromatic carbocycles. The summed E-state index contributed by atoms with van der Waals surface area (Å²) in [6.07, 6.45) is 2.58. The predicted molar refractivity (Wildman–Crippen MR) is 89.4 cm³/mol. The van der Waals surface area contributed by atoms with E-state index in [1.807, 2.05) is 0 Å². The first-order valence-corrected chi connectivity index (χ1v) is 9.24. The molecule has 0 saturated carbocycles. The summed E-state index contributed by atoms with van der Waals surface area (Å²) in [4.78, 5) is 17.8. The van der Waals surface area contributed by atoms with E-state index in [1.165, 1.54) is 47.8 Å². The Morgan fingerprint density at radius 3 is 2.32 bits per heavy atom. The van der Waals surface area contributed by atoms with Gasteiger partial charge in [0.2, 0.25) is 0 Å². The molecule has 6 nitrogen and oxygen atoms in total. The fourth-order valence-electron chi connectivity index (χ4n) is 2.26. The van der Waals surface area contributed by atoms with Gasteiger partial charge in [0.25, 0.3) is 0 Å². The maximum atomic E-state index is 12.9. The fraction of sp³-hybridized carbons (Fsp3) is 0.118. The first kappa shape index (κ1) is 17.1. The van der Waals surface area contributed by atoms with Gasteiger partial charge in [-0.1, -0.05) is 12.1 Å². The quantitative estimate of drug-likeness (QED) is 0.896. The summed E-state index contributed by atoms with van der Waals surface area (Å²) in [6.45, 7) is 0.0147. The Bertz CT molecular complexity index is 922. The molecule has 3 rings (SSSR count). The van der Waals surface area contributed by atoms with E-state index in [-0.39, 0.29) is 23.0 Å². The van der Waals surface area contributed by atoms with Gasteiger partial charge < -0.3 is 4.84 Å². The number of nitrogens with one attached hydrogen (secondary N) is 1. The highest BCUT2D eigenvalue weighted by atomic mass is 32.2. The van der Waals surface area contributed by atoms with Crippen LogP contribution in [0, 0.1) is 5.82 Å². The number of nitrogens with zero attached hydrogens (tertiary/aromatic N) is 1. The van der Waals surface area contributed by atoms with Gasteiger partial charge in [-0.25, -0.2) is 12.8 Å². The van der Waals surface area contributed by atoms with Crippen LogP contribution in [0.25, 0.3) is 5.57 Å². The molecule has 1 heterocycles. The summed E-state index contributed by atoms with van der Waals surface area (Å²) in [5.74, 6) is -0.145. The van der Waals surface area contributed by atoms with Gasteiger partial charge in [-0.05, 0) is 42.0 Å². The zero-order valence-corrected chi connectivity index (χ0v) is 14.1. The largest absolute Gasteiger partial charge is 0.365 e. The van der Waals surface area contributed by atoms with E-state index in [4.69, 9.17) is 4.84 Å². The van der Waals surface area contributed by atoms with Crippen LogP contribution in [0.4, 0.5) is 4.39 Å². The number of hydrogen-bond acceptors (Lipinski definition) is 6. The third-order valence-electron chi connectivity index (χ3n) is 3.55. The standard InChI is InChI=1S/C17H15FN2O4S/c1-25(22,23)15-8-2-12(3-9-15)16-11-20(19-10-17(16)21)24-14-6-4-13(18)5-7-14/h2-9,11,19H,10H2,1H3. The normalized spacial score (nSPS) is 15.0. The number of hydroxylamine groups is 1. The Hall–Kier alpha value is -2.71. The van der Waals surface area contributed by atoms with Crippen LogP contribution < -0.4 is 10.3 Å². The molecule has 0 bridgehead atoms. The highest BCUT2D eigenvalue weighted by Gasteiger charge is 2.21. The van der Waals surface area contributed by atoms with Crippen molar-refractivity contribution in [2.45, 2.75) is 4.90 Å². The lowest BCUT2D eigenvalue weighted by atomic mass is 10.0. The molecule has 0 radical (unpaired) electrons. The summed E-state index contributed by atoms with van der Waals surface area (Å²) in [7, 11) is -3.30. The molecule has 0 atom stereocenters. The van der Waals surface area contributed by atoms with Crippen molar-refractivity contribution in [2.75, 3.05) is 12.8 Å². The molecule has 8 heteroatoms. The minimum absolute atomic E-state index is 0.0147. The first-order chi connectivity index (χ1) is 11.8. The van der Waals surface area contributed by atoms with Crippen molar-refractivity contribution in [3.05, 3.63) is 66.1 Å². The van der Waals surface area contributed by atoms with Crippen molar-refractivity contribution in [2.24, 2.45) is 0 Å². The molecule has 2 aromatic rings. The lowest BCUT2D eigenvalue weighted by Gasteiger charge is -2.26. The Balaban J connectivity index is 1.84. The number of rotatable bonds is 4. The second-order valence-electron chi connectivity index (χ2n) is 5.47. The van der Waals surface area contributed by atoms with Crippen LogP contribution in [0.2, 0.25) is 0 Å². The second-order valence-corrected chi connectivity index (χ2v) is 7.48. The van der Waals surface area contributed by atoms with Crippen LogP contribution in [-0.2, 0) is 14.6 Å². The van der Waals surface area contributed by atoms with Crippen molar-refractivity contribution < 1.29 is 22.4 Å². The van der Waals surface area contributed by atoms with Gasteiger partial charge in [-0.15, -0.1) is 5.17 Å². The number of ketones is 1. The van der Waals surface area contributed by atoms with Gasteiger partial charge in [-0.3, -0.25) is 4.79 Å². The van der Waals surface area contributed by atoms with Gasteiger partial charge in [0, 0.05) is 11.8 Å². The van der Waals surface area contributed by atoms with Crippen LogP contribution in [0.5, 0.6) is 5.75 Å². The molecule has 0 saturated heterocycles. The number of halogens is 1. The molecule has 1 aliphatic rings. The molecule has 0 amide bonds. The van der Waals surface area contributed by atoms with Crippen molar-refractivity contribution in [3.63, 3.8) is 0 Å². The van der Waals surface area contributed by atoms with Gasteiger partial charge in [0.1, 0.15) is 5.82 Å². The molecule has 1 aliphatic heterocycles. The third kappa shape index (κ3) is 4.04. The molecule has 0 aromatic heterocycles. The summed E-state index contributed by atoms with van der Waals surface area (Å²) >= 11 is 0. The van der Waals surface area contributed by atoms with Crippen molar-refractivity contribution in [1.29, 1.82) is 0 Å². The minimum atomic E-state index is -3.30. The number of hydrogen-bond donors (Lipinski definition) is 1. The van der Waals surface area contributed by atoms with E-state index < -0.39 is 9.84 Å². The summed E-state index contributed by atoms with van der Waals surface area (Å²) < 4.78 is 36.0. The SMILES string of the molecule is CS(=O)(=O)c1ccc(C2=CN(Oc3ccc(F)cc3)NCC2=O)cc1. The summed E-state index contributed by atoms with van der Waals surface area (Å²) in [5.41, 5.74) is 3.71. The number of carbonyl (C=O) groups excluding carboxylic acids is 1. The highest BCUT2D eigenvalue weighted by Crippen LogP contribution is 2.22. The Kier molecular flexibility index (Phi) is 4.56. The van der Waals surface area contributed by atoms with Gasteiger partial charge in [-0.2, -0.15) is 5.43 Å². The average Bonchev–Trinajstić information content (AvgIpc) is 2.58. The van der Waals surface area contributed by atoms with E-state index >= 15 is 0 Å². The maximum absolute atomic E-state index is 12.9. The third-order valence-corrected chi connectivity index (χ3v) is 4.68. The van der Waals surface area contributed by atoms with Crippen LogP contribution >= 0.6 is 0 Å². The molecule has 0 aliphatic carbocycles. The smallest absolute Gasteiger partial charge is 0.180 e. The van der Waals surface area contributed by atoms with Gasteiger partial charge in [0.15, 0.2) is 21.4 Å². The molecule has 0 spiro atoms. The number of carbonyl (C=O) groups is 1. The molecular weight excluding hydrogens is 347 g/mol. The van der Waals surface area contributed by atoms with Crippen LogP contribution in [0.1, 0.15) is 5.56 Å². The van der Waals surface area contributed by atoms with Crippen molar-refractivity contribution in [3.8, 4) is 5.75 Å². The monoisotopic (exact) mass is 362 g/mol. The molecule has 130 valence electrons. The van der Waals surface area contributed by atoms with E-state index in [1.54, 1.807) is 12.1 Å². The number of sulfone groups is 1. The second kappa shape index (κ2) is 6.66. The predicted octanol–water partition coefficient (Wildman–Crippen LogP) is 1.95. The number of benzene rings is 2. The highest BCUT2D eigenvalue weighted by molar-refractivity contribution is 7.90. The number of hydrazine groups is 1. The topological polar surface area (TPSA) is 75.7 Å². The maximum Gasteiger partial charge on any atom is 0.180 e. The van der Waals surface area contributed by atoms with E-state index in [9.17, 15) is 17.6 Å². The van der Waals surface area contributed by atoms with E-state index in [0.29, 0.717) is 16.9 Å². The summed E-state index contributed by atoms with van der Waals surface area (Å²) in [5, 5.41) is 1.26. The Morgan fingerprint density at radius 1 is 1.08 bits per heavy atom. The molecule has 0 unspecified atom stereocenters. The molecule has 25 heavy (non-hydrogen) atoms. The van der Waals surface area contributed by atoms with Gasteiger partial charge in [0.05, 0.1) is 17.6 Å². The van der Waals surface area contributed by atoms with Crippen molar-refractivity contribution >= 4 is 21.2 Å². The average molecular weight is 362 g/mol. The minimum Gasteiger partial charge on any atom is -0.365 e.